The van der Waals surface area contributed by atoms with Crippen LogP contribution in [0.5, 0.6) is 0 Å². The van der Waals surface area contributed by atoms with Gasteiger partial charge in [-0.05, 0) is 19.4 Å². The van der Waals surface area contributed by atoms with Gasteiger partial charge in [-0.3, -0.25) is 9.59 Å². The smallest absolute Gasteiger partial charge is 0.310 e. The number of hydrogen-bond acceptors (Lipinski definition) is 4. The molecule has 0 bridgehead atoms. The number of aryl methyl sites for hydroxylation is 1. The van der Waals surface area contributed by atoms with Crippen LogP contribution >= 0.6 is 12.4 Å². The van der Waals surface area contributed by atoms with Gasteiger partial charge in [0.05, 0.1) is 12.5 Å². The summed E-state index contributed by atoms with van der Waals surface area (Å²) in [5.74, 6) is -1.01. The van der Waals surface area contributed by atoms with E-state index in [1.807, 2.05) is 31.2 Å². The van der Waals surface area contributed by atoms with Crippen LogP contribution in [0.1, 0.15) is 31.0 Å². The highest BCUT2D eigenvalue weighted by atomic mass is 35.5. The van der Waals surface area contributed by atoms with Crippen LogP contribution < -0.4 is 11.1 Å². The summed E-state index contributed by atoms with van der Waals surface area (Å²) in [4.78, 5) is 23.4. The van der Waals surface area contributed by atoms with Crippen LogP contribution in [0.2, 0.25) is 0 Å². The second-order valence-corrected chi connectivity index (χ2v) is 4.79. The molecule has 0 saturated carbocycles. The molecule has 0 radical (unpaired) electrons. The Bertz CT molecular complexity index is 462. The summed E-state index contributed by atoms with van der Waals surface area (Å²) in [5.41, 5.74) is 7.74. The monoisotopic (exact) mass is 314 g/mol. The fourth-order valence-corrected chi connectivity index (χ4v) is 1.66. The average Bonchev–Trinajstić information content (AvgIpc) is 2.44. The number of ether oxygens (including phenoxy) is 1. The molecule has 6 heteroatoms. The van der Waals surface area contributed by atoms with E-state index in [0.29, 0.717) is 6.61 Å². The van der Waals surface area contributed by atoms with Crippen molar-refractivity contribution < 1.29 is 14.3 Å². The number of carbonyl (C=O) groups is 2. The molecule has 0 fully saturated rings. The molecule has 21 heavy (non-hydrogen) atoms. The number of nitrogens with two attached hydrogens (primary N) is 1. The van der Waals surface area contributed by atoms with E-state index < -0.39 is 6.04 Å². The van der Waals surface area contributed by atoms with Gasteiger partial charge in [-0.2, -0.15) is 0 Å². The molecule has 0 spiro atoms. The molecule has 1 aromatic rings. The van der Waals surface area contributed by atoms with Crippen molar-refractivity contribution in [2.45, 2.75) is 26.8 Å². The standard InChI is InChI=1S/C15H22N2O3.ClH/c1-4-20-15(19)11(3)9-17-14(18)13(16)12-7-5-10(2)6-8-12;/h5-8,11,13H,4,9,16H2,1-3H3,(H,17,18);1H. The third kappa shape index (κ3) is 6.14. The molecule has 118 valence electrons. The summed E-state index contributed by atoms with van der Waals surface area (Å²) < 4.78 is 4.87. The number of carbonyl (C=O) groups excluding carboxylic acids is 2. The Morgan fingerprint density at radius 2 is 1.86 bits per heavy atom. The average molecular weight is 315 g/mol. The summed E-state index contributed by atoms with van der Waals surface area (Å²) in [6, 6.07) is 6.74. The molecule has 0 aliphatic carbocycles. The van der Waals surface area contributed by atoms with Gasteiger partial charge in [0.1, 0.15) is 6.04 Å². The molecule has 0 saturated heterocycles. The fourth-order valence-electron chi connectivity index (χ4n) is 1.66. The second-order valence-electron chi connectivity index (χ2n) is 4.79. The van der Waals surface area contributed by atoms with E-state index in [0.717, 1.165) is 11.1 Å². The molecule has 3 N–H and O–H groups in total. The van der Waals surface area contributed by atoms with Gasteiger partial charge in [-0.1, -0.05) is 36.8 Å². The quantitative estimate of drug-likeness (QED) is 0.784. The molecule has 2 atom stereocenters. The minimum Gasteiger partial charge on any atom is -0.466 e. The maximum Gasteiger partial charge on any atom is 0.310 e. The van der Waals surface area contributed by atoms with Gasteiger partial charge >= 0.3 is 5.97 Å². The zero-order valence-electron chi connectivity index (χ0n) is 12.6. The van der Waals surface area contributed by atoms with Crippen LogP contribution in [0.3, 0.4) is 0 Å². The largest absolute Gasteiger partial charge is 0.466 e. The van der Waals surface area contributed by atoms with E-state index in [4.69, 9.17) is 10.5 Å². The third-order valence-electron chi connectivity index (χ3n) is 2.99. The van der Waals surface area contributed by atoms with E-state index in [1.165, 1.54) is 0 Å². The summed E-state index contributed by atoms with van der Waals surface area (Å²) in [6.45, 7) is 5.97. The lowest BCUT2D eigenvalue weighted by molar-refractivity contribution is -0.147. The topological polar surface area (TPSA) is 81.4 Å². The molecule has 0 aromatic heterocycles. The van der Waals surface area contributed by atoms with E-state index >= 15 is 0 Å². The Balaban J connectivity index is 0.00000400. The lowest BCUT2D eigenvalue weighted by atomic mass is 10.0. The molecule has 5 nitrogen and oxygen atoms in total. The summed E-state index contributed by atoms with van der Waals surface area (Å²) in [5, 5.41) is 2.67. The Morgan fingerprint density at radius 3 is 2.38 bits per heavy atom. The molecule has 1 amide bonds. The number of nitrogens with one attached hydrogen (secondary N) is 1. The molecule has 0 heterocycles. The van der Waals surface area contributed by atoms with Crippen LogP contribution in [0.25, 0.3) is 0 Å². The van der Waals surface area contributed by atoms with Crippen LogP contribution in [0.15, 0.2) is 24.3 Å². The summed E-state index contributed by atoms with van der Waals surface area (Å²) in [7, 11) is 0. The SMILES string of the molecule is CCOC(=O)C(C)CNC(=O)C(N)c1ccc(C)cc1.Cl. The molecular weight excluding hydrogens is 292 g/mol. The van der Waals surface area contributed by atoms with Crippen molar-refractivity contribution in [3.8, 4) is 0 Å². The molecule has 0 aliphatic heterocycles. The fraction of sp³-hybridized carbons (Fsp3) is 0.467. The first-order valence-corrected chi connectivity index (χ1v) is 6.72. The molecule has 1 rings (SSSR count). The number of benzene rings is 1. The maximum absolute atomic E-state index is 11.9. The van der Waals surface area contributed by atoms with Crippen molar-refractivity contribution in [1.29, 1.82) is 0 Å². The minimum atomic E-state index is -0.731. The Kier molecular flexibility index (Phi) is 8.66. The zero-order chi connectivity index (χ0) is 15.1. The first-order chi connectivity index (χ1) is 9.45. The third-order valence-corrected chi connectivity index (χ3v) is 2.99. The molecule has 0 aliphatic rings. The lowest BCUT2D eigenvalue weighted by Crippen LogP contribution is -2.38. The molecular formula is C15H23ClN2O3. The van der Waals surface area contributed by atoms with E-state index in [-0.39, 0.29) is 36.7 Å². The summed E-state index contributed by atoms with van der Waals surface area (Å²) in [6.07, 6.45) is 0. The lowest BCUT2D eigenvalue weighted by Gasteiger charge is -2.15. The van der Waals surface area contributed by atoms with E-state index in [2.05, 4.69) is 5.32 Å². The second kappa shape index (κ2) is 9.37. The van der Waals surface area contributed by atoms with Crippen molar-refractivity contribution in [2.24, 2.45) is 11.7 Å². The number of esters is 1. The van der Waals surface area contributed by atoms with Crippen LogP contribution in [0.4, 0.5) is 0 Å². The number of hydrogen-bond donors (Lipinski definition) is 2. The Hall–Kier alpha value is -1.59. The van der Waals surface area contributed by atoms with Gasteiger partial charge in [0.15, 0.2) is 0 Å². The maximum atomic E-state index is 11.9. The van der Waals surface area contributed by atoms with Crippen molar-refractivity contribution in [3.05, 3.63) is 35.4 Å². The highest BCUT2D eigenvalue weighted by molar-refractivity contribution is 5.85. The van der Waals surface area contributed by atoms with Crippen molar-refractivity contribution in [3.63, 3.8) is 0 Å². The van der Waals surface area contributed by atoms with E-state index in [1.54, 1.807) is 13.8 Å². The van der Waals surface area contributed by atoms with Crippen LogP contribution in [-0.2, 0) is 14.3 Å². The van der Waals surface area contributed by atoms with Gasteiger partial charge < -0.3 is 15.8 Å². The predicted molar refractivity (Wildman–Crippen MR) is 84.2 cm³/mol. The number of rotatable bonds is 6. The first-order valence-electron chi connectivity index (χ1n) is 6.72. The highest BCUT2D eigenvalue weighted by Gasteiger charge is 2.19. The zero-order valence-corrected chi connectivity index (χ0v) is 13.4. The normalized spacial score (nSPS) is 12.8. The van der Waals surface area contributed by atoms with Crippen molar-refractivity contribution >= 4 is 24.3 Å². The Labute approximate surface area is 131 Å². The first kappa shape index (κ1) is 19.4. The minimum absolute atomic E-state index is 0. The van der Waals surface area contributed by atoms with E-state index in [9.17, 15) is 9.59 Å². The number of amides is 1. The summed E-state index contributed by atoms with van der Waals surface area (Å²) >= 11 is 0. The number of halogens is 1. The van der Waals surface area contributed by atoms with Crippen molar-refractivity contribution in [2.75, 3.05) is 13.2 Å². The van der Waals surface area contributed by atoms with Crippen LogP contribution in [0, 0.1) is 12.8 Å². The highest BCUT2D eigenvalue weighted by Crippen LogP contribution is 2.11. The van der Waals surface area contributed by atoms with Gasteiger partial charge in [-0.25, -0.2) is 0 Å². The molecule has 2 unspecified atom stereocenters. The van der Waals surface area contributed by atoms with Gasteiger partial charge in [0.25, 0.3) is 0 Å². The van der Waals surface area contributed by atoms with Gasteiger partial charge in [-0.15, -0.1) is 12.4 Å². The van der Waals surface area contributed by atoms with Gasteiger partial charge in [0, 0.05) is 6.54 Å². The predicted octanol–water partition coefficient (Wildman–Crippen LogP) is 1.73. The Morgan fingerprint density at radius 1 is 1.29 bits per heavy atom. The van der Waals surface area contributed by atoms with Gasteiger partial charge in [0.2, 0.25) is 5.91 Å². The van der Waals surface area contributed by atoms with Crippen molar-refractivity contribution in [1.82, 2.24) is 5.32 Å². The molecule has 1 aromatic carbocycles. The van der Waals surface area contributed by atoms with Crippen LogP contribution in [-0.4, -0.2) is 25.0 Å².